The zero-order chi connectivity index (χ0) is 20.7. The molecule has 0 N–H and O–H groups in total. The number of amides is 1. The van der Waals surface area contributed by atoms with Gasteiger partial charge in [0.05, 0.1) is 5.56 Å². The number of hydrogen-bond acceptors (Lipinski definition) is 5. The summed E-state index contributed by atoms with van der Waals surface area (Å²) < 4.78 is 30.0. The Morgan fingerprint density at radius 1 is 1.14 bits per heavy atom. The van der Waals surface area contributed by atoms with E-state index >= 15 is 0 Å². The molecule has 0 saturated heterocycles. The number of rotatable bonds is 9. The SMILES string of the molecule is CCN(CCN(C)c1nc(C)cc(C)n1)C(=O)c1ccccc1OCC(F)F. The molecule has 1 aromatic carbocycles. The fourth-order valence-electron chi connectivity index (χ4n) is 2.74. The van der Waals surface area contributed by atoms with Crippen molar-refractivity contribution in [2.45, 2.75) is 27.2 Å². The molecule has 2 aromatic rings. The molecule has 0 aliphatic heterocycles. The number of aryl methyl sites for hydroxylation is 2. The van der Waals surface area contributed by atoms with Gasteiger partial charge in [-0.2, -0.15) is 0 Å². The summed E-state index contributed by atoms with van der Waals surface area (Å²) in [4.78, 5) is 25.3. The molecule has 6 nitrogen and oxygen atoms in total. The summed E-state index contributed by atoms with van der Waals surface area (Å²) in [5, 5.41) is 0. The van der Waals surface area contributed by atoms with Crippen LogP contribution in [-0.4, -0.2) is 60.5 Å². The average molecular weight is 392 g/mol. The molecule has 0 atom stereocenters. The van der Waals surface area contributed by atoms with E-state index in [1.54, 1.807) is 23.1 Å². The third-order valence-corrected chi connectivity index (χ3v) is 4.17. The molecule has 0 fully saturated rings. The fourth-order valence-corrected chi connectivity index (χ4v) is 2.74. The molecule has 1 amide bonds. The van der Waals surface area contributed by atoms with Gasteiger partial charge >= 0.3 is 0 Å². The molecular weight excluding hydrogens is 366 g/mol. The van der Waals surface area contributed by atoms with Crippen LogP contribution >= 0.6 is 0 Å². The van der Waals surface area contributed by atoms with Crippen LogP contribution in [0.4, 0.5) is 14.7 Å². The van der Waals surface area contributed by atoms with Gasteiger partial charge in [-0.15, -0.1) is 0 Å². The van der Waals surface area contributed by atoms with E-state index in [0.29, 0.717) is 25.6 Å². The summed E-state index contributed by atoms with van der Waals surface area (Å²) in [6.07, 6.45) is -2.60. The molecule has 0 bridgehead atoms. The van der Waals surface area contributed by atoms with Gasteiger partial charge in [-0.05, 0) is 39.0 Å². The van der Waals surface area contributed by atoms with Gasteiger partial charge in [-0.3, -0.25) is 4.79 Å². The van der Waals surface area contributed by atoms with Crippen LogP contribution < -0.4 is 9.64 Å². The van der Waals surface area contributed by atoms with Crippen LogP contribution in [0, 0.1) is 13.8 Å². The Hall–Kier alpha value is -2.77. The molecule has 0 spiro atoms. The lowest BCUT2D eigenvalue weighted by atomic mass is 10.1. The van der Waals surface area contributed by atoms with E-state index in [0.717, 1.165) is 11.4 Å². The number of nitrogens with zero attached hydrogens (tertiary/aromatic N) is 4. The number of ether oxygens (including phenoxy) is 1. The second kappa shape index (κ2) is 9.96. The molecular formula is C20H26F2N4O2. The first kappa shape index (κ1) is 21.5. The summed E-state index contributed by atoms with van der Waals surface area (Å²) in [7, 11) is 1.87. The predicted octanol–water partition coefficient (Wildman–Crippen LogP) is 3.34. The Balaban J connectivity index is 2.07. The van der Waals surface area contributed by atoms with E-state index in [4.69, 9.17) is 4.74 Å². The minimum atomic E-state index is -2.60. The Kier molecular flexibility index (Phi) is 7.66. The van der Waals surface area contributed by atoms with E-state index in [2.05, 4.69) is 9.97 Å². The van der Waals surface area contributed by atoms with Gasteiger partial charge in [0.25, 0.3) is 12.3 Å². The van der Waals surface area contributed by atoms with Gasteiger partial charge in [0.15, 0.2) is 0 Å². The van der Waals surface area contributed by atoms with Crippen LogP contribution in [0.3, 0.4) is 0 Å². The van der Waals surface area contributed by atoms with Crippen molar-refractivity contribution in [1.82, 2.24) is 14.9 Å². The van der Waals surface area contributed by atoms with Crippen LogP contribution in [0.15, 0.2) is 30.3 Å². The Morgan fingerprint density at radius 2 is 1.79 bits per heavy atom. The van der Waals surface area contributed by atoms with Gasteiger partial charge in [0.1, 0.15) is 12.4 Å². The second-order valence-corrected chi connectivity index (χ2v) is 6.46. The molecule has 8 heteroatoms. The summed E-state index contributed by atoms with van der Waals surface area (Å²) in [6, 6.07) is 8.35. The van der Waals surface area contributed by atoms with Crippen molar-refractivity contribution >= 4 is 11.9 Å². The molecule has 0 radical (unpaired) electrons. The number of alkyl halides is 2. The first-order valence-electron chi connectivity index (χ1n) is 9.14. The number of carbonyl (C=O) groups excluding carboxylic acids is 1. The molecule has 1 aromatic heterocycles. The maximum atomic E-state index is 12.9. The minimum absolute atomic E-state index is 0.164. The Labute approximate surface area is 164 Å². The smallest absolute Gasteiger partial charge is 0.272 e. The quantitative estimate of drug-likeness (QED) is 0.655. The van der Waals surface area contributed by atoms with Crippen LogP contribution in [0.5, 0.6) is 5.75 Å². The van der Waals surface area contributed by atoms with Crippen molar-refractivity contribution in [2.24, 2.45) is 0 Å². The van der Waals surface area contributed by atoms with Crippen molar-refractivity contribution in [2.75, 3.05) is 38.2 Å². The molecule has 1 heterocycles. The normalized spacial score (nSPS) is 10.8. The minimum Gasteiger partial charge on any atom is -0.487 e. The molecule has 28 heavy (non-hydrogen) atoms. The lowest BCUT2D eigenvalue weighted by molar-refractivity contribution is 0.0722. The monoisotopic (exact) mass is 392 g/mol. The van der Waals surface area contributed by atoms with Gasteiger partial charge in [-0.1, -0.05) is 12.1 Å². The Morgan fingerprint density at radius 3 is 2.39 bits per heavy atom. The number of benzene rings is 1. The third-order valence-electron chi connectivity index (χ3n) is 4.17. The van der Waals surface area contributed by atoms with Crippen LogP contribution in [0.2, 0.25) is 0 Å². The molecule has 152 valence electrons. The van der Waals surface area contributed by atoms with Crippen LogP contribution in [-0.2, 0) is 0 Å². The van der Waals surface area contributed by atoms with Gasteiger partial charge in [0, 0.05) is 38.1 Å². The molecule has 0 saturated carbocycles. The first-order valence-corrected chi connectivity index (χ1v) is 9.14. The molecule has 2 rings (SSSR count). The van der Waals surface area contributed by atoms with Gasteiger partial charge in [-0.25, -0.2) is 18.7 Å². The maximum absolute atomic E-state index is 12.9. The fraction of sp³-hybridized carbons (Fsp3) is 0.450. The highest BCUT2D eigenvalue weighted by atomic mass is 19.3. The highest BCUT2D eigenvalue weighted by molar-refractivity contribution is 5.97. The van der Waals surface area contributed by atoms with Gasteiger partial charge in [0.2, 0.25) is 5.95 Å². The van der Waals surface area contributed by atoms with Crippen molar-refractivity contribution in [1.29, 1.82) is 0 Å². The number of para-hydroxylation sites is 1. The predicted molar refractivity (Wildman–Crippen MR) is 104 cm³/mol. The highest BCUT2D eigenvalue weighted by Crippen LogP contribution is 2.21. The molecule has 0 unspecified atom stereocenters. The number of halogens is 2. The molecule has 0 aliphatic carbocycles. The zero-order valence-electron chi connectivity index (χ0n) is 16.7. The third kappa shape index (κ3) is 5.87. The summed E-state index contributed by atoms with van der Waals surface area (Å²) in [6.45, 7) is 6.38. The number of aromatic nitrogens is 2. The molecule has 0 aliphatic rings. The summed E-state index contributed by atoms with van der Waals surface area (Å²) >= 11 is 0. The van der Waals surface area contributed by atoms with E-state index in [1.165, 1.54) is 6.07 Å². The van der Waals surface area contributed by atoms with Crippen molar-refractivity contribution in [3.63, 3.8) is 0 Å². The number of likely N-dealkylation sites (N-methyl/N-ethyl adjacent to an activating group) is 2. The first-order chi connectivity index (χ1) is 13.3. The number of carbonyl (C=O) groups is 1. The van der Waals surface area contributed by atoms with E-state index < -0.39 is 13.0 Å². The van der Waals surface area contributed by atoms with Crippen molar-refractivity contribution < 1.29 is 18.3 Å². The summed E-state index contributed by atoms with van der Waals surface area (Å²) in [5.74, 6) is 0.501. The lowest BCUT2D eigenvalue weighted by Crippen LogP contribution is -2.38. The average Bonchev–Trinajstić information content (AvgIpc) is 2.65. The second-order valence-electron chi connectivity index (χ2n) is 6.46. The van der Waals surface area contributed by atoms with E-state index in [9.17, 15) is 13.6 Å². The van der Waals surface area contributed by atoms with Gasteiger partial charge < -0.3 is 14.5 Å². The van der Waals surface area contributed by atoms with Crippen LogP contribution in [0.25, 0.3) is 0 Å². The standard InChI is InChI=1S/C20H26F2N4O2/c1-5-26(11-10-25(4)20-23-14(2)12-15(3)24-20)19(27)16-8-6-7-9-17(16)28-13-18(21)22/h6-9,12,18H,5,10-11,13H2,1-4H3. The van der Waals surface area contributed by atoms with E-state index in [1.807, 2.05) is 38.8 Å². The van der Waals surface area contributed by atoms with Crippen molar-refractivity contribution in [3.8, 4) is 5.75 Å². The highest BCUT2D eigenvalue weighted by Gasteiger charge is 2.20. The van der Waals surface area contributed by atoms with E-state index in [-0.39, 0.29) is 17.2 Å². The Bertz CT molecular complexity index is 781. The lowest BCUT2D eigenvalue weighted by Gasteiger charge is -2.25. The van der Waals surface area contributed by atoms with Crippen molar-refractivity contribution in [3.05, 3.63) is 47.3 Å². The van der Waals surface area contributed by atoms with Crippen LogP contribution in [0.1, 0.15) is 28.7 Å². The zero-order valence-corrected chi connectivity index (χ0v) is 16.7. The number of anilines is 1. The topological polar surface area (TPSA) is 58.6 Å². The number of hydrogen-bond donors (Lipinski definition) is 0. The largest absolute Gasteiger partial charge is 0.487 e. The maximum Gasteiger partial charge on any atom is 0.272 e. The summed E-state index contributed by atoms with van der Waals surface area (Å²) in [5.41, 5.74) is 2.03.